The molecule has 0 spiro atoms. The third-order valence-corrected chi connectivity index (χ3v) is 6.65. The van der Waals surface area contributed by atoms with Crippen LogP contribution in [0.2, 0.25) is 0 Å². The molecule has 0 N–H and O–H groups in total. The number of nitrogens with zero attached hydrogens (tertiary/aromatic N) is 2. The highest BCUT2D eigenvalue weighted by Crippen LogP contribution is 2.51. The molecule has 5 aromatic carbocycles. The van der Waals surface area contributed by atoms with Crippen molar-refractivity contribution in [2.24, 2.45) is 0 Å². The predicted octanol–water partition coefficient (Wildman–Crippen LogP) is 8.51. The molecule has 0 fully saturated rings. The van der Waals surface area contributed by atoms with Gasteiger partial charge in [0, 0.05) is 22.7 Å². The topological polar surface area (TPSA) is 16.1 Å². The second-order valence-corrected chi connectivity index (χ2v) is 8.42. The molecule has 2 nitrogen and oxygen atoms in total. The Balaban J connectivity index is 1.57. The van der Waals surface area contributed by atoms with Crippen LogP contribution >= 0.6 is 0 Å². The Morgan fingerprint density at radius 2 is 1.09 bits per heavy atom. The Labute approximate surface area is 192 Å². The highest BCUT2D eigenvalue weighted by molar-refractivity contribution is 6.19. The van der Waals surface area contributed by atoms with E-state index in [4.69, 9.17) is 0 Å². The molecule has 1 aliphatic carbocycles. The molecule has 0 unspecified atom stereocenters. The minimum atomic E-state index is 0.995. The van der Waals surface area contributed by atoms with Crippen molar-refractivity contribution in [3.8, 4) is 22.3 Å². The van der Waals surface area contributed by atoms with Gasteiger partial charge < -0.3 is 4.90 Å². The summed E-state index contributed by atoms with van der Waals surface area (Å²) in [5.41, 5.74) is 9.68. The molecule has 0 bridgehead atoms. The van der Waals surface area contributed by atoms with E-state index < -0.39 is 0 Å². The van der Waals surface area contributed by atoms with Crippen LogP contribution in [-0.4, -0.2) is 4.98 Å². The zero-order valence-corrected chi connectivity index (χ0v) is 17.9. The number of hydrogen-bond acceptors (Lipinski definition) is 2. The third-order valence-electron chi connectivity index (χ3n) is 6.65. The Bertz CT molecular complexity index is 1630. The highest BCUT2D eigenvalue weighted by Gasteiger charge is 2.24. The van der Waals surface area contributed by atoms with E-state index in [-0.39, 0.29) is 0 Å². The van der Waals surface area contributed by atoms with Gasteiger partial charge >= 0.3 is 0 Å². The summed E-state index contributed by atoms with van der Waals surface area (Å²) in [5.74, 6) is 0. The molecule has 1 aliphatic rings. The van der Waals surface area contributed by atoms with E-state index in [9.17, 15) is 0 Å². The molecule has 0 amide bonds. The first-order valence-corrected chi connectivity index (χ1v) is 11.2. The van der Waals surface area contributed by atoms with Crippen LogP contribution in [0.25, 0.3) is 43.9 Å². The van der Waals surface area contributed by atoms with Crippen LogP contribution in [0.4, 0.5) is 17.1 Å². The number of benzene rings is 5. The van der Waals surface area contributed by atoms with Gasteiger partial charge in [-0.2, -0.15) is 0 Å². The van der Waals surface area contributed by atoms with Crippen molar-refractivity contribution in [2.75, 3.05) is 4.90 Å². The zero-order valence-electron chi connectivity index (χ0n) is 17.9. The molecule has 1 aromatic heterocycles. The van der Waals surface area contributed by atoms with E-state index in [1.165, 1.54) is 38.7 Å². The highest BCUT2D eigenvalue weighted by atomic mass is 15.1. The Kier molecular flexibility index (Phi) is 3.88. The SMILES string of the molecule is c1ccc(N(c2ccnc3ccccc23)c2ccc3c4c(cccc24)-c2ccccc2-3)cc1. The quantitative estimate of drug-likeness (QED) is 0.285. The maximum Gasteiger partial charge on any atom is 0.0723 e. The molecule has 0 saturated carbocycles. The second kappa shape index (κ2) is 7.04. The fourth-order valence-electron chi connectivity index (χ4n) is 5.25. The smallest absolute Gasteiger partial charge is 0.0723 e. The molecular weight excluding hydrogens is 400 g/mol. The summed E-state index contributed by atoms with van der Waals surface area (Å²) < 4.78 is 0. The van der Waals surface area contributed by atoms with Crippen molar-refractivity contribution in [1.82, 2.24) is 4.98 Å². The largest absolute Gasteiger partial charge is 0.309 e. The number of fused-ring (bicyclic) bond motifs is 4. The van der Waals surface area contributed by atoms with Crippen molar-refractivity contribution in [3.63, 3.8) is 0 Å². The van der Waals surface area contributed by atoms with Crippen LogP contribution in [0.3, 0.4) is 0 Å². The minimum absolute atomic E-state index is 0.995. The van der Waals surface area contributed by atoms with Gasteiger partial charge in [-0.1, -0.05) is 84.9 Å². The Hall–Kier alpha value is -4.43. The first-order valence-electron chi connectivity index (χ1n) is 11.2. The summed E-state index contributed by atoms with van der Waals surface area (Å²) in [6.45, 7) is 0. The standard InChI is InChI=1S/C31H20N2/c1-2-9-21(10-3-1)33(30-19-20-32-28-16-7-6-13-26(28)30)29-18-17-25-23-12-5-4-11-22(23)24-14-8-15-27(29)31(24)25/h1-20H. The van der Waals surface area contributed by atoms with E-state index in [1.807, 2.05) is 12.3 Å². The maximum atomic E-state index is 4.61. The summed E-state index contributed by atoms with van der Waals surface area (Å²) >= 11 is 0. The summed E-state index contributed by atoms with van der Waals surface area (Å²) in [7, 11) is 0. The number of anilines is 3. The van der Waals surface area contributed by atoms with E-state index >= 15 is 0 Å². The molecule has 0 atom stereocenters. The van der Waals surface area contributed by atoms with Crippen molar-refractivity contribution in [1.29, 1.82) is 0 Å². The van der Waals surface area contributed by atoms with Crippen LogP contribution in [0.5, 0.6) is 0 Å². The average Bonchev–Trinajstić information content (AvgIpc) is 3.22. The maximum absolute atomic E-state index is 4.61. The lowest BCUT2D eigenvalue weighted by Gasteiger charge is -2.28. The fraction of sp³-hybridized carbons (Fsp3) is 0. The third kappa shape index (κ3) is 2.64. The first-order chi connectivity index (χ1) is 16.4. The lowest BCUT2D eigenvalue weighted by Crippen LogP contribution is -2.11. The number of pyridine rings is 1. The molecule has 6 aromatic rings. The lowest BCUT2D eigenvalue weighted by molar-refractivity contribution is 1.29. The number of hydrogen-bond donors (Lipinski definition) is 0. The number of para-hydroxylation sites is 2. The summed E-state index contributed by atoms with van der Waals surface area (Å²) in [4.78, 5) is 6.98. The predicted molar refractivity (Wildman–Crippen MR) is 138 cm³/mol. The van der Waals surface area contributed by atoms with E-state index in [0.29, 0.717) is 0 Å². The van der Waals surface area contributed by atoms with Crippen molar-refractivity contribution in [3.05, 3.63) is 121 Å². The Morgan fingerprint density at radius 3 is 1.94 bits per heavy atom. The Morgan fingerprint density at radius 1 is 0.455 bits per heavy atom. The minimum Gasteiger partial charge on any atom is -0.309 e. The molecule has 154 valence electrons. The number of rotatable bonds is 3. The molecule has 33 heavy (non-hydrogen) atoms. The van der Waals surface area contributed by atoms with Crippen LogP contribution < -0.4 is 4.90 Å². The van der Waals surface area contributed by atoms with Gasteiger partial charge in [0.25, 0.3) is 0 Å². The van der Waals surface area contributed by atoms with Gasteiger partial charge in [-0.3, -0.25) is 4.98 Å². The molecule has 7 rings (SSSR count). The molecule has 2 heteroatoms. The lowest BCUT2D eigenvalue weighted by atomic mass is 10.00. The normalized spacial score (nSPS) is 11.6. The molecule has 0 aliphatic heterocycles. The second-order valence-electron chi connectivity index (χ2n) is 8.42. The monoisotopic (exact) mass is 420 g/mol. The van der Waals surface area contributed by atoms with Crippen molar-refractivity contribution in [2.45, 2.75) is 0 Å². The molecule has 0 radical (unpaired) electrons. The molecular formula is C31H20N2. The van der Waals surface area contributed by atoms with E-state index in [0.717, 1.165) is 22.3 Å². The summed E-state index contributed by atoms with van der Waals surface area (Å²) in [6, 6.07) is 41.0. The van der Waals surface area contributed by atoms with Crippen molar-refractivity contribution < 1.29 is 0 Å². The van der Waals surface area contributed by atoms with E-state index in [2.05, 4.69) is 119 Å². The van der Waals surface area contributed by atoms with Gasteiger partial charge in [0.2, 0.25) is 0 Å². The van der Waals surface area contributed by atoms with Gasteiger partial charge in [0.1, 0.15) is 0 Å². The van der Waals surface area contributed by atoms with Crippen LogP contribution in [0.15, 0.2) is 121 Å². The first kappa shape index (κ1) is 18.2. The average molecular weight is 421 g/mol. The van der Waals surface area contributed by atoms with Crippen molar-refractivity contribution >= 4 is 38.7 Å². The molecule has 1 heterocycles. The van der Waals surface area contributed by atoms with E-state index in [1.54, 1.807) is 0 Å². The van der Waals surface area contributed by atoms with Crippen LogP contribution in [-0.2, 0) is 0 Å². The van der Waals surface area contributed by atoms with Gasteiger partial charge in [0.15, 0.2) is 0 Å². The van der Waals surface area contributed by atoms with Crippen LogP contribution in [0, 0.1) is 0 Å². The van der Waals surface area contributed by atoms with Gasteiger partial charge in [-0.15, -0.1) is 0 Å². The van der Waals surface area contributed by atoms with Crippen LogP contribution in [0.1, 0.15) is 0 Å². The van der Waals surface area contributed by atoms with Gasteiger partial charge in [-0.05, 0) is 58.0 Å². The number of aromatic nitrogens is 1. The summed E-state index contributed by atoms with van der Waals surface area (Å²) in [5, 5.41) is 3.72. The van der Waals surface area contributed by atoms with Gasteiger partial charge in [-0.25, -0.2) is 0 Å². The van der Waals surface area contributed by atoms with Gasteiger partial charge in [0.05, 0.1) is 16.9 Å². The zero-order chi connectivity index (χ0) is 21.8. The fourth-order valence-corrected chi connectivity index (χ4v) is 5.25. The molecule has 0 saturated heterocycles. The summed E-state index contributed by atoms with van der Waals surface area (Å²) in [6.07, 6.45) is 1.91.